The Kier molecular flexibility index (Phi) is 5.82. The van der Waals surface area contributed by atoms with Crippen molar-refractivity contribution in [1.82, 2.24) is 10.2 Å². The molecule has 1 saturated heterocycles. The van der Waals surface area contributed by atoms with E-state index in [1.165, 1.54) is 0 Å². The Balaban J connectivity index is 1.89. The smallest absolute Gasteiger partial charge is 0.260 e. The van der Waals surface area contributed by atoms with Crippen LogP contribution in [0.4, 0.5) is 0 Å². The van der Waals surface area contributed by atoms with Crippen LogP contribution in [-0.2, 0) is 16.1 Å². The lowest BCUT2D eigenvalue weighted by Crippen LogP contribution is -2.42. The molecule has 0 bridgehead atoms. The van der Waals surface area contributed by atoms with E-state index in [1.54, 1.807) is 4.90 Å². The van der Waals surface area contributed by atoms with Crippen molar-refractivity contribution < 1.29 is 14.3 Å². The average molecular weight is 343 g/mol. The predicted molar refractivity (Wildman–Crippen MR) is 79.8 cm³/mol. The second-order valence-electron chi connectivity index (χ2n) is 4.57. The fourth-order valence-electron chi connectivity index (χ4n) is 2.02. The Bertz CT molecular complexity index is 462. The molecule has 1 aromatic rings. The maximum atomic E-state index is 12.0. The molecule has 1 N–H and O–H groups in total. The van der Waals surface area contributed by atoms with E-state index >= 15 is 0 Å². The number of hydrogen-bond donors (Lipinski definition) is 1. The number of carbonyl (C=O) groups excluding carboxylic acids is 1. The molecule has 110 valence electrons. The fourth-order valence-corrected chi connectivity index (χ4v) is 2.40. The summed E-state index contributed by atoms with van der Waals surface area (Å²) < 4.78 is 11.8. The van der Waals surface area contributed by atoms with Crippen LogP contribution in [0.5, 0.6) is 5.75 Å². The first-order chi connectivity index (χ1) is 9.70. The third kappa shape index (κ3) is 4.19. The highest BCUT2D eigenvalue weighted by Crippen LogP contribution is 2.22. The zero-order valence-corrected chi connectivity index (χ0v) is 13.1. The van der Waals surface area contributed by atoms with Crippen molar-refractivity contribution in [2.45, 2.75) is 6.54 Å². The Morgan fingerprint density at radius 1 is 1.45 bits per heavy atom. The van der Waals surface area contributed by atoms with Crippen molar-refractivity contribution in [1.29, 1.82) is 0 Å². The SMILES string of the molecule is CNCc1cc(OCC(=O)N2CCOCC2)ccc1Br. The van der Waals surface area contributed by atoms with Crippen molar-refractivity contribution >= 4 is 21.8 Å². The minimum Gasteiger partial charge on any atom is -0.484 e. The van der Waals surface area contributed by atoms with Gasteiger partial charge in [-0.2, -0.15) is 0 Å². The maximum Gasteiger partial charge on any atom is 0.260 e. The molecule has 1 aliphatic heterocycles. The van der Waals surface area contributed by atoms with Gasteiger partial charge in [0, 0.05) is 24.1 Å². The van der Waals surface area contributed by atoms with E-state index in [1.807, 2.05) is 25.2 Å². The number of morpholine rings is 1. The minimum atomic E-state index is 0.00591. The van der Waals surface area contributed by atoms with Gasteiger partial charge in [-0.05, 0) is 30.8 Å². The number of carbonyl (C=O) groups is 1. The van der Waals surface area contributed by atoms with E-state index in [-0.39, 0.29) is 12.5 Å². The molecule has 1 heterocycles. The number of ether oxygens (including phenoxy) is 2. The average Bonchev–Trinajstić information content (AvgIpc) is 2.49. The lowest BCUT2D eigenvalue weighted by molar-refractivity contribution is -0.137. The van der Waals surface area contributed by atoms with Crippen LogP contribution in [0.3, 0.4) is 0 Å². The summed E-state index contributed by atoms with van der Waals surface area (Å²) >= 11 is 3.49. The van der Waals surface area contributed by atoms with Crippen molar-refractivity contribution in [2.75, 3.05) is 40.0 Å². The van der Waals surface area contributed by atoms with E-state index < -0.39 is 0 Å². The molecule has 1 fully saturated rings. The minimum absolute atomic E-state index is 0.00591. The first-order valence-electron chi connectivity index (χ1n) is 6.62. The monoisotopic (exact) mass is 342 g/mol. The molecule has 0 spiro atoms. The van der Waals surface area contributed by atoms with Gasteiger partial charge in [0.1, 0.15) is 5.75 Å². The largest absolute Gasteiger partial charge is 0.484 e. The molecular weight excluding hydrogens is 324 g/mol. The third-order valence-corrected chi connectivity index (χ3v) is 3.88. The van der Waals surface area contributed by atoms with Gasteiger partial charge < -0.3 is 19.7 Å². The number of rotatable bonds is 5. The van der Waals surface area contributed by atoms with Crippen LogP contribution in [-0.4, -0.2) is 50.8 Å². The molecule has 0 atom stereocenters. The van der Waals surface area contributed by atoms with Gasteiger partial charge in [-0.25, -0.2) is 0 Å². The van der Waals surface area contributed by atoms with Gasteiger partial charge in [0.05, 0.1) is 13.2 Å². The number of nitrogens with zero attached hydrogens (tertiary/aromatic N) is 1. The second-order valence-corrected chi connectivity index (χ2v) is 5.42. The lowest BCUT2D eigenvalue weighted by Gasteiger charge is -2.26. The van der Waals surface area contributed by atoms with Crippen molar-refractivity contribution in [3.05, 3.63) is 28.2 Å². The summed E-state index contributed by atoms with van der Waals surface area (Å²) in [6.07, 6.45) is 0. The Labute approximate surface area is 127 Å². The Hall–Kier alpha value is -1.11. The van der Waals surface area contributed by atoms with Crippen molar-refractivity contribution in [3.8, 4) is 5.75 Å². The van der Waals surface area contributed by atoms with Crippen LogP contribution in [0.1, 0.15) is 5.56 Å². The summed E-state index contributed by atoms with van der Waals surface area (Å²) in [4.78, 5) is 13.7. The standard InChI is InChI=1S/C14H19BrN2O3/c1-16-9-11-8-12(2-3-13(11)15)20-10-14(18)17-4-6-19-7-5-17/h2-3,8,16H,4-7,9-10H2,1H3. The molecule has 1 amide bonds. The Morgan fingerprint density at radius 2 is 2.20 bits per heavy atom. The highest BCUT2D eigenvalue weighted by molar-refractivity contribution is 9.10. The number of hydrogen-bond acceptors (Lipinski definition) is 4. The summed E-state index contributed by atoms with van der Waals surface area (Å²) in [6, 6.07) is 5.73. The summed E-state index contributed by atoms with van der Waals surface area (Å²) in [6.45, 7) is 3.32. The normalized spacial score (nSPS) is 15.2. The van der Waals surface area contributed by atoms with Gasteiger partial charge in [-0.1, -0.05) is 15.9 Å². The molecule has 0 aliphatic carbocycles. The fraction of sp³-hybridized carbons (Fsp3) is 0.500. The summed E-state index contributed by atoms with van der Waals surface area (Å²) in [7, 11) is 1.89. The zero-order valence-electron chi connectivity index (χ0n) is 11.5. The molecule has 0 aromatic heterocycles. The van der Waals surface area contributed by atoms with Crippen LogP contribution in [0.25, 0.3) is 0 Å². The topological polar surface area (TPSA) is 50.8 Å². The molecule has 5 nitrogen and oxygen atoms in total. The molecule has 20 heavy (non-hydrogen) atoms. The maximum absolute atomic E-state index is 12.0. The molecule has 1 aromatic carbocycles. The molecule has 1 aliphatic rings. The number of benzene rings is 1. The highest BCUT2D eigenvalue weighted by Gasteiger charge is 2.17. The van der Waals surface area contributed by atoms with Gasteiger partial charge in [0.25, 0.3) is 5.91 Å². The van der Waals surface area contributed by atoms with E-state index in [0.717, 1.165) is 16.6 Å². The molecule has 0 radical (unpaired) electrons. The lowest BCUT2D eigenvalue weighted by atomic mass is 10.2. The van der Waals surface area contributed by atoms with Gasteiger partial charge in [0.2, 0.25) is 0 Å². The summed E-state index contributed by atoms with van der Waals surface area (Å²) in [5.41, 5.74) is 1.10. The molecule has 0 unspecified atom stereocenters. The number of nitrogens with one attached hydrogen (secondary N) is 1. The molecule has 0 saturated carbocycles. The van der Waals surface area contributed by atoms with E-state index in [0.29, 0.717) is 32.1 Å². The number of amides is 1. The van der Waals surface area contributed by atoms with Crippen LogP contribution in [0.15, 0.2) is 22.7 Å². The van der Waals surface area contributed by atoms with Crippen molar-refractivity contribution in [2.24, 2.45) is 0 Å². The zero-order chi connectivity index (χ0) is 14.4. The van der Waals surface area contributed by atoms with Crippen LogP contribution >= 0.6 is 15.9 Å². The predicted octanol–water partition coefficient (Wildman–Crippen LogP) is 1.41. The van der Waals surface area contributed by atoms with E-state index in [9.17, 15) is 4.79 Å². The number of halogens is 1. The third-order valence-electron chi connectivity index (χ3n) is 3.11. The highest BCUT2D eigenvalue weighted by atomic mass is 79.9. The summed E-state index contributed by atoms with van der Waals surface area (Å²) in [5, 5.41) is 3.09. The van der Waals surface area contributed by atoms with Crippen LogP contribution in [0.2, 0.25) is 0 Å². The van der Waals surface area contributed by atoms with E-state index in [2.05, 4.69) is 21.2 Å². The van der Waals surface area contributed by atoms with Crippen LogP contribution in [0, 0.1) is 0 Å². The quantitative estimate of drug-likeness (QED) is 0.878. The van der Waals surface area contributed by atoms with Gasteiger partial charge in [0.15, 0.2) is 6.61 Å². The van der Waals surface area contributed by atoms with Gasteiger partial charge >= 0.3 is 0 Å². The second kappa shape index (κ2) is 7.61. The van der Waals surface area contributed by atoms with Crippen molar-refractivity contribution in [3.63, 3.8) is 0 Å². The first-order valence-corrected chi connectivity index (χ1v) is 7.41. The summed E-state index contributed by atoms with van der Waals surface area (Å²) in [5.74, 6) is 0.714. The van der Waals surface area contributed by atoms with Crippen LogP contribution < -0.4 is 10.1 Å². The van der Waals surface area contributed by atoms with Gasteiger partial charge in [-0.3, -0.25) is 4.79 Å². The first kappa shape index (κ1) is 15.3. The van der Waals surface area contributed by atoms with E-state index in [4.69, 9.17) is 9.47 Å². The van der Waals surface area contributed by atoms with Gasteiger partial charge in [-0.15, -0.1) is 0 Å². The Morgan fingerprint density at radius 3 is 2.90 bits per heavy atom. The molecular formula is C14H19BrN2O3. The molecule has 6 heteroatoms. The molecule has 2 rings (SSSR count).